The van der Waals surface area contributed by atoms with E-state index in [1.54, 1.807) is 24.2 Å². The third kappa shape index (κ3) is 2.69. The summed E-state index contributed by atoms with van der Waals surface area (Å²) in [6, 6.07) is 10.8. The zero-order chi connectivity index (χ0) is 14.8. The largest absolute Gasteiger partial charge is 0.272 e. The van der Waals surface area contributed by atoms with E-state index in [0.29, 0.717) is 17.2 Å². The van der Waals surface area contributed by atoms with Crippen LogP contribution in [0.5, 0.6) is 0 Å². The molecule has 22 heavy (non-hydrogen) atoms. The van der Waals surface area contributed by atoms with E-state index in [9.17, 15) is 0 Å². The van der Waals surface area contributed by atoms with Gasteiger partial charge in [-0.15, -0.1) is 11.8 Å². The molecule has 6 heteroatoms. The lowest BCUT2D eigenvalue weighted by Gasteiger charge is -2.04. The summed E-state index contributed by atoms with van der Waals surface area (Å²) >= 11 is 1.74. The minimum Gasteiger partial charge on any atom is -0.272 e. The van der Waals surface area contributed by atoms with Crippen molar-refractivity contribution < 1.29 is 0 Å². The van der Waals surface area contributed by atoms with Gasteiger partial charge in [-0.1, -0.05) is 30.3 Å². The summed E-state index contributed by atoms with van der Waals surface area (Å²) in [4.78, 5) is 21.8. The quantitative estimate of drug-likeness (QED) is 0.744. The molecule has 0 N–H and O–H groups in total. The van der Waals surface area contributed by atoms with E-state index < -0.39 is 0 Å². The van der Waals surface area contributed by atoms with Gasteiger partial charge in [0.25, 0.3) is 0 Å². The molecular formula is C16H13N5S. The summed E-state index contributed by atoms with van der Waals surface area (Å²) in [5.74, 6) is 0.981. The second-order valence-electron chi connectivity index (χ2n) is 5.08. The van der Waals surface area contributed by atoms with Gasteiger partial charge >= 0.3 is 0 Å². The predicted octanol–water partition coefficient (Wildman–Crippen LogP) is 2.52. The van der Waals surface area contributed by atoms with Crippen LogP contribution < -0.4 is 0 Å². The van der Waals surface area contributed by atoms with E-state index in [0.717, 1.165) is 22.9 Å². The number of rotatable bonds is 3. The van der Waals surface area contributed by atoms with Crippen LogP contribution in [0.25, 0.3) is 11.2 Å². The Labute approximate surface area is 132 Å². The molecule has 1 aliphatic rings. The number of thioether (sulfide) groups is 1. The van der Waals surface area contributed by atoms with Gasteiger partial charge in [-0.05, 0) is 12.0 Å². The summed E-state index contributed by atoms with van der Waals surface area (Å²) in [6.45, 7) is 0. The number of fused-ring (bicyclic) bond motifs is 1. The molecule has 1 aromatic carbocycles. The molecule has 0 radical (unpaired) electrons. The molecule has 108 valence electrons. The SMILES string of the molecule is c1ccc(CC2CSC(c3cnc4ncncc4n3)=N2)cc1. The Morgan fingerprint density at radius 3 is 2.91 bits per heavy atom. The van der Waals surface area contributed by atoms with Crippen LogP contribution in [-0.4, -0.2) is 36.8 Å². The minimum absolute atomic E-state index is 0.298. The van der Waals surface area contributed by atoms with Crippen molar-refractivity contribution >= 4 is 28.0 Å². The molecule has 0 aliphatic carbocycles. The van der Waals surface area contributed by atoms with Gasteiger partial charge in [-0.25, -0.2) is 19.9 Å². The lowest BCUT2D eigenvalue weighted by atomic mass is 10.1. The van der Waals surface area contributed by atoms with Crippen LogP contribution in [0.1, 0.15) is 11.3 Å². The standard InChI is InChI=1S/C16H13N5S/c1-2-4-11(5-3-1)6-12-9-22-16(20-12)14-8-18-15-13(21-14)7-17-10-19-15/h1-5,7-8,10,12H,6,9H2. The summed E-state index contributed by atoms with van der Waals surface area (Å²) in [6.07, 6.45) is 5.86. The highest BCUT2D eigenvalue weighted by Gasteiger charge is 2.21. The van der Waals surface area contributed by atoms with Crippen molar-refractivity contribution in [2.75, 3.05) is 5.75 Å². The molecule has 3 heterocycles. The summed E-state index contributed by atoms with van der Waals surface area (Å²) in [7, 11) is 0. The predicted molar refractivity (Wildman–Crippen MR) is 88.1 cm³/mol. The van der Waals surface area contributed by atoms with Gasteiger partial charge in [0.05, 0.1) is 18.4 Å². The highest BCUT2D eigenvalue weighted by Crippen LogP contribution is 2.24. The van der Waals surface area contributed by atoms with E-state index >= 15 is 0 Å². The topological polar surface area (TPSA) is 63.9 Å². The van der Waals surface area contributed by atoms with Crippen LogP contribution in [-0.2, 0) is 6.42 Å². The summed E-state index contributed by atoms with van der Waals surface area (Å²) < 4.78 is 0. The highest BCUT2D eigenvalue weighted by molar-refractivity contribution is 8.14. The first kappa shape index (κ1) is 13.3. The monoisotopic (exact) mass is 307 g/mol. The molecule has 0 amide bonds. The van der Waals surface area contributed by atoms with Crippen LogP contribution in [0, 0.1) is 0 Å². The van der Waals surface area contributed by atoms with Crippen LogP contribution in [0.4, 0.5) is 0 Å². The van der Waals surface area contributed by atoms with Gasteiger partial charge < -0.3 is 0 Å². The first-order valence-electron chi connectivity index (χ1n) is 7.06. The number of nitrogens with zero attached hydrogens (tertiary/aromatic N) is 5. The molecule has 1 aliphatic heterocycles. The minimum atomic E-state index is 0.298. The maximum absolute atomic E-state index is 4.80. The average Bonchev–Trinajstić information content (AvgIpc) is 3.04. The van der Waals surface area contributed by atoms with Crippen molar-refractivity contribution in [3.63, 3.8) is 0 Å². The first-order chi connectivity index (χ1) is 10.9. The Morgan fingerprint density at radius 2 is 2.00 bits per heavy atom. The van der Waals surface area contributed by atoms with Gasteiger partial charge in [0, 0.05) is 5.75 Å². The number of hydrogen-bond acceptors (Lipinski definition) is 6. The van der Waals surface area contributed by atoms with Gasteiger partial charge in [0.2, 0.25) is 0 Å². The molecular weight excluding hydrogens is 294 g/mol. The molecule has 5 nitrogen and oxygen atoms in total. The van der Waals surface area contributed by atoms with Gasteiger partial charge in [0.1, 0.15) is 22.6 Å². The van der Waals surface area contributed by atoms with Crippen molar-refractivity contribution in [2.45, 2.75) is 12.5 Å². The Hall–Kier alpha value is -2.34. The Balaban J connectivity index is 1.58. The average molecular weight is 307 g/mol. The summed E-state index contributed by atoms with van der Waals surface area (Å²) in [5.41, 5.74) is 3.44. The molecule has 0 saturated heterocycles. The fraction of sp³-hybridized carbons (Fsp3) is 0.188. The third-order valence-corrected chi connectivity index (χ3v) is 4.61. The van der Waals surface area contributed by atoms with E-state index in [-0.39, 0.29) is 0 Å². The lowest BCUT2D eigenvalue weighted by Crippen LogP contribution is -2.07. The molecule has 1 unspecified atom stereocenters. The fourth-order valence-electron chi connectivity index (χ4n) is 2.42. The smallest absolute Gasteiger partial charge is 0.181 e. The van der Waals surface area contributed by atoms with Crippen molar-refractivity contribution in [3.8, 4) is 0 Å². The Morgan fingerprint density at radius 1 is 1.09 bits per heavy atom. The van der Waals surface area contributed by atoms with E-state index in [2.05, 4.69) is 44.2 Å². The first-order valence-corrected chi connectivity index (χ1v) is 8.05. The Kier molecular flexibility index (Phi) is 3.52. The molecule has 1 atom stereocenters. The molecule has 3 aromatic rings. The molecule has 2 aromatic heterocycles. The maximum Gasteiger partial charge on any atom is 0.181 e. The number of aliphatic imine (C=N–C) groups is 1. The van der Waals surface area contributed by atoms with Crippen molar-refractivity contribution in [2.24, 2.45) is 4.99 Å². The molecule has 0 spiro atoms. The molecule has 0 bridgehead atoms. The van der Waals surface area contributed by atoms with E-state index in [1.807, 2.05) is 6.07 Å². The van der Waals surface area contributed by atoms with Crippen LogP contribution >= 0.6 is 11.8 Å². The van der Waals surface area contributed by atoms with Crippen molar-refractivity contribution in [1.82, 2.24) is 19.9 Å². The molecule has 0 saturated carbocycles. The van der Waals surface area contributed by atoms with Crippen molar-refractivity contribution in [3.05, 3.63) is 60.3 Å². The third-order valence-electron chi connectivity index (χ3n) is 3.47. The van der Waals surface area contributed by atoms with Crippen molar-refractivity contribution in [1.29, 1.82) is 0 Å². The second kappa shape index (κ2) is 5.81. The zero-order valence-electron chi connectivity index (χ0n) is 11.8. The highest BCUT2D eigenvalue weighted by atomic mass is 32.2. The number of aromatic nitrogens is 4. The summed E-state index contributed by atoms with van der Waals surface area (Å²) in [5, 5.41) is 0.958. The maximum atomic E-state index is 4.80. The Bertz CT molecular complexity index is 834. The van der Waals surface area contributed by atoms with Gasteiger partial charge in [0.15, 0.2) is 5.65 Å². The number of benzene rings is 1. The normalized spacial score (nSPS) is 17.6. The van der Waals surface area contributed by atoms with Gasteiger partial charge in [-0.3, -0.25) is 4.99 Å². The van der Waals surface area contributed by atoms with Crippen LogP contribution in [0.15, 0.2) is 54.0 Å². The van der Waals surface area contributed by atoms with E-state index in [4.69, 9.17) is 4.99 Å². The second-order valence-corrected chi connectivity index (χ2v) is 6.08. The number of hydrogen-bond donors (Lipinski definition) is 0. The lowest BCUT2D eigenvalue weighted by molar-refractivity contribution is 0.762. The molecule has 4 rings (SSSR count). The van der Waals surface area contributed by atoms with Crippen LogP contribution in [0.3, 0.4) is 0 Å². The zero-order valence-corrected chi connectivity index (χ0v) is 12.6. The van der Waals surface area contributed by atoms with Crippen LogP contribution in [0.2, 0.25) is 0 Å². The van der Waals surface area contributed by atoms with E-state index in [1.165, 1.54) is 11.9 Å². The fourth-order valence-corrected chi connectivity index (χ4v) is 3.44. The molecule has 0 fully saturated rings. The van der Waals surface area contributed by atoms with Gasteiger partial charge in [-0.2, -0.15) is 0 Å².